The van der Waals surface area contributed by atoms with Gasteiger partial charge in [-0.15, -0.1) is 6.58 Å². The molecule has 2 aromatic rings. The minimum Gasteiger partial charge on any atom is -0.488 e. The summed E-state index contributed by atoms with van der Waals surface area (Å²) in [5.74, 6) is -0.258. The number of nitrogens with one attached hydrogen (secondary N) is 1. The first-order valence-electron chi connectivity index (χ1n) is 8.55. The fraction of sp³-hybridized carbons (Fsp3) is 0.0952. The molecule has 8 heteroatoms. The van der Waals surface area contributed by atoms with Gasteiger partial charge in [0.1, 0.15) is 17.9 Å². The van der Waals surface area contributed by atoms with E-state index >= 15 is 0 Å². The van der Waals surface area contributed by atoms with Crippen molar-refractivity contribution in [2.45, 2.75) is 6.61 Å². The molecule has 2 amide bonds. The van der Waals surface area contributed by atoms with Crippen LogP contribution in [-0.4, -0.2) is 28.4 Å². The standard InChI is InChI=1S/C21H16ClIN2O3S/c1-2-9-25-20(27)16(19(26)24-21(25)29)10-14-5-8-18(17(23)11-14)28-12-13-3-6-15(22)7-4-13/h2-8,10-11H,1,9,12H2,(H,24,26,29)/b16-10+. The van der Waals surface area contributed by atoms with Crippen molar-refractivity contribution >= 4 is 69.4 Å². The Morgan fingerprint density at radius 1 is 1.21 bits per heavy atom. The molecule has 0 spiro atoms. The third-order valence-electron chi connectivity index (χ3n) is 4.07. The first-order valence-corrected chi connectivity index (χ1v) is 10.4. The molecule has 1 heterocycles. The third kappa shape index (κ3) is 5.23. The molecule has 148 valence electrons. The highest BCUT2D eigenvalue weighted by atomic mass is 127. The summed E-state index contributed by atoms with van der Waals surface area (Å²) in [5, 5.41) is 3.29. The van der Waals surface area contributed by atoms with Crippen molar-refractivity contribution in [3.63, 3.8) is 0 Å². The SMILES string of the molecule is C=CCN1C(=O)/C(=C/c2ccc(OCc3ccc(Cl)cc3)c(I)c2)C(=O)NC1=S. The lowest BCUT2D eigenvalue weighted by molar-refractivity contribution is -0.128. The van der Waals surface area contributed by atoms with Crippen LogP contribution in [0.25, 0.3) is 6.08 Å². The molecule has 0 bridgehead atoms. The Hall–Kier alpha value is -2.23. The van der Waals surface area contributed by atoms with Gasteiger partial charge >= 0.3 is 0 Å². The Labute approximate surface area is 192 Å². The van der Waals surface area contributed by atoms with Crippen molar-refractivity contribution in [1.29, 1.82) is 0 Å². The molecule has 1 aliphatic heterocycles. The largest absolute Gasteiger partial charge is 0.488 e. The Balaban J connectivity index is 1.77. The monoisotopic (exact) mass is 538 g/mol. The predicted octanol–water partition coefficient (Wildman–Crippen LogP) is 4.34. The molecule has 0 aromatic heterocycles. The van der Waals surface area contributed by atoms with Gasteiger partial charge in [-0.3, -0.25) is 19.8 Å². The van der Waals surface area contributed by atoms with Gasteiger partial charge in [-0.1, -0.05) is 35.9 Å². The van der Waals surface area contributed by atoms with Crippen molar-refractivity contribution in [2.75, 3.05) is 6.54 Å². The first-order chi connectivity index (χ1) is 13.9. The van der Waals surface area contributed by atoms with Gasteiger partial charge in [0.15, 0.2) is 5.11 Å². The fourth-order valence-corrected chi connectivity index (χ4v) is 3.69. The number of hydrogen-bond donors (Lipinski definition) is 1. The zero-order valence-electron chi connectivity index (χ0n) is 15.2. The lowest BCUT2D eigenvalue weighted by Crippen LogP contribution is -2.53. The van der Waals surface area contributed by atoms with Crippen molar-refractivity contribution < 1.29 is 14.3 Å². The van der Waals surface area contributed by atoms with Gasteiger partial charge in [-0.05, 0) is 76.3 Å². The topological polar surface area (TPSA) is 58.6 Å². The second kappa shape index (κ2) is 9.51. The predicted molar refractivity (Wildman–Crippen MR) is 126 cm³/mol. The normalized spacial score (nSPS) is 15.4. The van der Waals surface area contributed by atoms with Crippen molar-refractivity contribution in [3.8, 4) is 5.75 Å². The molecule has 0 radical (unpaired) electrons. The smallest absolute Gasteiger partial charge is 0.265 e. The lowest BCUT2D eigenvalue weighted by Gasteiger charge is -2.27. The zero-order valence-corrected chi connectivity index (χ0v) is 18.9. The second-order valence-electron chi connectivity index (χ2n) is 6.13. The minimum absolute atomic E-state index is 0.0195. The number of benzene rings is 2. The number of hydrogen-bond acceptors (Lipinski definition) is 4. The quantitative estimate of drug-likeness (QED) is 0.196. The van der Waals surface area contributed by atoms with Crippen LogP contribution in [0.4, 0.5) is 0 Å². The molecule has 1 N–H and O–H groups in total. The van der Waals surface area contributed by atoms with Gasteiger partial charge in [0.05, 0.1) is 3.57 Å². The molecule has 0 unspecified atom stereocenters. The molecule has 0 saturated carbocycles. The van der Waals surface area contributed by atoms with Crippen LogP contribution in [0.5, 0.6) is 5.75 Å². The molecule has 3 rings (SSSR count). The number of ether oxygens (including phenoxy) is 1. The van der Waals surface area contributed by atoms with E-state index < -0.39 is 11.8 Å². The van der Waals surface area contributed by atoms with Gasteiger partial charge in [0.2, 0.25) is 0 Å². The molecule has 29 heavy (non-hydrogen) atoms. The fourth-order valence-electron chi connectivity index (χ4n) is 2.62. The maximum atomic E-state index is 12.6. The van der Waals surface area contributed by atoms with Gasteiger partial charge in [-0.25, -0.2) is 0 Å². The zero-order chi connectivity index (χ0) is 21.0. The van der Waals surface area contributed by atoms with E-state index in [1.165, 1.54) is 4.90 Å². The summed E-state index contributed by atoms with van der Waals surface area (Å²) in [4.78, 5) is 26.1. The number of halogens is 2. The van der Waals surface area contributed by atoms with Crippen LogP contribution in [0.1, 0.15) is 11.1 Å². The summed E-state index contributed by atoms with van der Waals surface area (Å²) < 4.78 is 6.71. The summed E-state index contributed by atoms with van der Waals surface area (Å²) in [7, 11) is 0. The molecular weight excluding hydrogens is 523 g/mol. The van der Waals surface area contributed by atoms with Crippen LogP contribution in [0.2, 0.25) is 5.02 Å². The van der Waals surface area contributed by atoms with E-state index in [1.54, 1.807) is 24.3 Å². The van der Waals surface area contributed by atoms with E-state index in [1.807, 2.05) is 30.3 Å². The minimum atomic E-state index is -0.515. The molecular formula is C21H16ClIN2O3S. The van der Waals surface area contributed by atoms with Gasteiger partial charge < -0.3 is 4.74 Å². The van der Waals surface area contributed by atoms with E-state index in [-0.39, 0.29) is 17.2 Å². The van der Waals surface area contributed by atoms with E-state index in [0.29, 0.717) is 22.9 Å². The van der Waals surface area contributed by atoms with Crippen molar-refractivity contribution in [3.05, 3.63) is 80.4 Å². The maximum Gasteiger partial charge on any atom is 0.265 e. The number of amides is 2. The maximum absolute atomic E-state index is 12.6. The number of carbonyl (C=O) groups excluding carboxylic acids is 2. The summed E-state index contributed by atoms with van der Waals surface area (Å²) in [5.41, 5.74) is 1.73. The summed E-state index contributed by atoms with van der Waals surface area (Å²) in [6.45, 7) is 4.24. The highest BCUT2D eigenvalue weighted by Crippen LogP contribution is 2.25. The van der Waals surface area contributed by atoms with Gasteiger partial charge in [-0.2, -0.15) is 0 Å². The van der Waals surface area contributed by atoms with E-state index in [2.05, 4.69) is 34.5 Å². The Morgan fingerprint density at radius 2 is 1.93 bits per heavy atom. The second-order valence-corrected chi connectivity index (χ2v) is 8.11. The Bertz CT molecular complexity index is 1020. The van der Waals surface area contributed by atoms with Crippen LogP contribution in [0.3, 0.4) is 0 Å². The summed E-state index contributed by atoms with van der Waals surface area (Å²) >= 11 is 13.1. The van der Waals surface area contributed by atoms with Crippen LogP contribution in [0.15, 0.2) is 60.7 Å². The average Bonchev–Trinajstić information content (AvgIpc) is 2.69. The first kappa shape index (κ1) is 21.5. The number of carbonyl (C=O) groups is 2. The number of thiocarbonyl (C=S) groups is 1. The highest BCUT2D eigenvalue weighted by Gasteiger charge is 2.32. The van der Waals surface area contributed by atoms with Crippen LogP contribution in [0, 0.1) is 3.57 Å². The summed E-state index contributed by atoms with van der Waals surface area (Å²) in [6, 6.07) is 12.9. The van der Waals surface area contributed by atoms with E-state index in [4.69, 9.17) is 28.6 Å². The Kier molecular flexibility index (Phi) is 7.05. The molecule has 1 aliphatic rings. The molecule has 0 atom stereocenters. The molecule has 0 aliphatic carbocycles. The lowest BCUT2D eigenvalue weighted by atomic mass is 10.1. The van der Waals surface area contributed by atoms with Crippen LogP contribution < -0.4 is 10.1 Å². The molecule has 2 aromatic carbocycles. The molecule has 5 nitrogen and oxygen atoms in total. The van der Waals surface area contributed by atoms with Crippen molar-refractivity contribution in [2.24, 2.45) is 0 Å². The Morgan fingerprint density at radius 3 is 2.59 bits per heavy atom. The van der Waals surface area contributed by atoms with E-state index in [0.717, 1.165) is 9.13 Å². The van der Waals surface area contributed by atoms with Gasteiger partial charge in [0, 0.05) is 11.6 Å². The van der Waals surface area contributed by atoms with Crippen molar-refractivity contribution in [1.82, 2.24) is 10.2 Å². The highest BCUT2D eigenvalue weighted by molar-refractivity contribution is 14.1. The molecule has 1 saturated heterocycles. The number of rotatable bonds is 6. The van der Waals surface area contributed by atoms with Gasteiger partial charge in [0.25, 0.3) is 11.8 Å². The summed E-state index contributed by atoms with van der Waals surface area (Å²) in [6.07, 6.45) is 3.09. The number of nitrogens with zero attached hydrogens (tertiary/aromatic N) is 1. The van der Waals surface area contributed by atoms with Crippen LogP contribution in [-0.2, 0) is 16.2 Å². The third-order valence-corrected chi connectivity index (χ3v) is 5.49. The van der Waals surface area contributed by atoms with Crippen LogP contribution >= 0.6 is 46.4 Å². The van der Waals surface area contributed by atoms with E-state index in [9.17, 15) is 9.59 Å². The molecule has 1 fully saturated rings. The average molecular weight is 539 g/mol.